The van der Waals surface area contributed by atoms with Gasteiger partial charge in [0.1, 0.15) is 0 Å². The number of aryl methyl sites for hydroxylation is 1. The molecule has 0 fully saturated rings. The molecule has 92 valence electrons. The molecule has 0 bridgehead atoms. The summed E-state index contributed by atoms with van der Waals surface area (Å²) >= 11 is 1.75. The summed E-state index contributed by atoms with van der Waals surface area (Å²) in [5.41, 5.74) is 6.77. The molecule has 0 unspecified atom stereocenters. The minimum absolute atomic E-state index is 0.659. The van der Waals surface area contributed by atoms with E-state index in [4.69, 9.17) is 5.73 Å². The van der Waals surface area contributed by atoms with Gasteiger partial charge in [0.15, 0.2) is 5.13 Å². The third kappa shape index (κ3) is 4.10. The molecule has 0 amide bonds. The zero-order chi connectivity index (χ0) is 12.0. The highest BCUT2D eigenvalue weighted by Crippen LogP contribution is 2.22. The number of thiazole rings is 1. The van der Waals surface area contributed by atoms with Crippen molar-refractivity contribution >= 4 is 16.5 Å². The number of nitrogens with two attached hydrogens (primary N) is 1. The lowest BCUT2D eigenvalue weighted by Gasteiger charge is -2.23. The largest absolute Gasteiger partial charge is 0.348 e. The predicted octanol–water partition coefficient (Wildman–Crippen LogP) is 2.52. The van der Waals surface area contributed by atoms with Crippen molar-refractivity contribution in [2.45, 2.75) is 33.6 Å². The van der Waals surface area contributed by atoms with Gasteiger partial charge in [-0.1, -0.05) is 20.8 Å². The number of aromatic nitrogens is 1. The van der Waals surface area contributed by atoms with Crippen molar-refractivity contribution < 1.29 is 0 Å². The van der Waals surface area contributed by atoms with Crippen molar-refractivity contribution in [2.24, 2.45) is 11.7 Å². The van der Waals surface area contributed by atoms with Crippen LogP contribution < -0.4 is 10.6 Å². The second-order valence-electron chi connectivity index (χ2n) is 4.46. The topological polar surface area (TPSA) is 42.1 Å². The summed E-state index contributed by atoms with van der Waals surface area (Å²) in [7, 11) is 0. The minimum Gasteiger partial charge on any atom is -0.348 e. The van der Waals surface area contributed by atoms with Gasteiger partial charge in [-0.2, -0.15) is 0 Å². The number of rotatable bonds is 7. The quantitative estimate of drug-likeness (QED) is 0.797. The summed E-state index contributed by atoms with van der Waals surface area (Å²) in [4.78, 5) is 7.00. The predicted molar refractivity (Wildman–Crippen MR) is 72.2 cm³/mol. The highest BCUT2D eigenvalue weighted by molar-refractivity contribution is 7.13. The number of anilines is 1. The standard InChI is InChI=1S/C12H23N3S/c1-4-11-9-16-12(14-11)15(7-5-6-13)8-10(2)3/h9-10H,4-8,13H2,1-3H3. The van der Waals surface area contributed by atoms with Crippen LogP contribution in [0.3, 0.4) is 0 Å². The van der Waals surface area contributed by atoms with Crippen LogP contribution in [0.4, 0.5) is 5.13 Å². The van der Waals surface area contributed by atoms with Crippen molar-refractivity contribution in [3.63, 3.8) is 0 Å². The average molecular weight is 241 g/mol. The van der Waals surface area contributed by atoms with E-state index in [1.807, 2.05) is 0 Å². The van der Waals surface area contributed by atoms with E-state index < -0.39 is 0 Å². The molecule has 0 aliphatic carbocycles. The van der Waals surface area contributed by atoms with Crippen LogP contribution in [-0.4, -0.2) is 24.6 Å². The van der Waals surface area contributed by atoms with Crippen LogP contribution in [0.1, 0.15) is 32.9 Å². The van der Waals surface area contributed by atoms with Gasteiger partial charge in [-0.3, -0.25) is 0 Å². The summed E-state index contributed by atoms with van der Waals surface area (Å²) in [5.74, 6) is 0.659. The van der Waals surface area contributed by atoms with E-state index in [0.717, 1.165) is 37.6 Å². The zero-order valence-corrected chi connectivity index (χ0v) is 11.4. The third-order valence-corrected chi connectivity index (χ3v) is 3.34. The lowest BCUT2D eigenvalue weighted by atomic mass is 10.2. The normalized spacial score (nSPS) is 11.1. The molecule has 0 spiro atoms. The van der Waals surface area contributed by atoms with Crippen LogP contribution in [0.5, 0.6) is 0 Å². The second kappa shape index (κ2) is 6.86. The molecule has 1 heterocycles. The molecule has 16 heavy (non-hydrogen) atoms. The molecule has 0 radical (unpaired) electrons. The Kier molecular flexibility index (Phi) is 5.77. The van der Waals surface area contributed by atoms with Gasteiger partial charge in [0.2, 0.25) is 0 Å². The summed E-state index contributed by atoms with van der Waals surface area (Å²) < 4.78 is 0. The van der Waals surface area contributed by atoms with Gasteiger partial charge < -0.3 is 10.6 Å². The van der Waals surface area contributed by atoms with Gasteiger partial charge in [0, 0.05) is 18.5 Å². The highest BCUT2D eigenvalue weighted by Gasteiger charge is 2.11. The maximum atomic E-state index is 5.57. The van der Waals surface area contributed by atoms with E-state index in [0.29, 0.717) is 5.92 Å². The maximum Gasteiger partial charge on any atom is 0.185 e. The van der Waals surface area contributed by atoms with Crippen LogP contribution in [0.25, 0.3) is 0 Å². The first kappa shape index (κ1) is 13.5. The Morgan fingerprint density at radius 1 is 1.50 bits per heavy atom. The molecule has 2 N–H and O–H groups in total. The van der Waals surface area contributed by atoms with Crippen molar-refractivity contribution in [1.82, 2.24) is 4.98 Å². The van der Waals surface area contributed by atoms with Crippen LogP contribution in [0, 0.1) is 5.92 Å². The Bertz CT molecular complexity index is 296. The first-order chi connectivity index (χ1) is 7.67. The molecular weight excluding hydrogens is 218 g/mol. The fraction of sp³-hybridized carbons (Fsp3) is 0.750. The van der Waals surface area contributed by atoms with E-state index in [1.54, 1.807) is 11.3 Å². The van der Waals surface area contributed by atoms with Crippen LogP contribution in [0.15, 0.2) is 5.38 Å². The van der Waals surface area contributed by atoms with Crippen LogP contribution in [0.2, 0.25) is 0 Å². The first-order valence-corrected chi connectivity index (χ1v) is 6.94. The second-order valence-corrected chi connectivity index (χ2v) is 5.29. The SMILES string of the molecule is CCc1csc(N(CCCN)CC(C)C)n1. The number of hydrogen-bond donors (Lipinski definition) is 1. The van der Waals surface area contributed by atoms with E-state index in [-0.39, 0.29) is 0 Å². The van der Waals surface area contributed by atoms with Crippen molar-refractivity contribution in [3.05, 3.63) is 11.1 Å². The Morgan fingerprint density at radius 3 is 2.75 bits per heavy atom. The van der Waals surface area contributed by atoms with Gasteiger partial charge >= 0.3 is 0 Å². The molecule has 0 aliphatic heterocycles. The minimum atomic E-state index is 0.659. The average Bonchev–Trinajstić information content (AvgIpc) is 2.72. The summed E-state index contributed by atoms with van der Waals surface area (Å²) in [6, 6.07) is 0. The van der Waals surface area contributed by atoms with Gasteiger partial charge in [-0.25, -0.2) is 4.98 Å². The number of hydrogen-bond acceptors (Lipinski definition) is 4. The van der Waals surface area contributed by atoms with E-state index in [2.05, 4.69) is 36.0 Å². The molecule has 1 aromatic rings. The summed E-state index contributed by atoms with van der Waals surface area (Å²) in [6.07, 6.45) is 2.05. The van der Waals surface area contributed by atoms with E-state index in [9.17, 15) is 0 Å². The van der Waals surface area contributed by atoms with Crippen LogP contribution in [-0.2, 0) is 6.42 Å². The van der Waals surface area contributed by atoms with Crippen molar-refractivity contribution in [3.8, 4) is 0 Å². The lowest BCUT2D eigenvalue weighted by molar-refractivity contribution is 0.599. The van der Waals surface area contributed by atoms with Gasteiger partial charge in [-0.05, 0) is 25.3 Å². The molecule has 0 atom stereocenters. The Hall–Kier alpha value is -0.610. The highest BCUT2D eigenvalue weighted by atomic mass is 32.1. The Morgan fingerprint density at radius 2 is 2.25 bits per heavy atom. The summed E-state index contributed by atoms with van der Waals surface area (Å²) in [6.45, 7) is 9.46. The van der Waals surface area contributed by atoms with Gasteiger partial charge in [0.25, 0.3) is 0 Å². The molecular formula is C12H23N3S. The number of nitrogens with zero attached hydrogens (tertiary/aromatic N) is 2. The fourth-order valence-electron chi connectivity index (χ4n) is 1.59. The Labute approximate surface area is 103 Å². The first-order valence-electron chi connectivity index (χ1n) is 6.06. The third-order valence-electron chi connectivity index (χ3n) is 2.39. The fourth-order valence-corrected chi connectivity index (χ4v) is 2.54. The molecule has 0 saturated carbocycles. The van der Waals surface area contributed by atoms with E-state index >= 15 is 0 Å². The smallest absolute Gasteiger partial charge is 0.185 e. The van der Waals surface area contributed by atoms with Crippen molar-refractivity contribution in [1.29, 1.82) is 0 Å². The summed E-state index contributed by atoms with van der Waals surface area (Å²) in [5, 5.41) is 3.31. The molecule has 4 heteroatoms. The molecule has 0 aliphatic rings. The van der Waals surface area contributed by atoms with Gasteiger partial charge in [-0.15, -0.1) is 11.3 Å². The molecule has 1 rings (SSSR count). The van der Waals surface area contributed by atoms with Crippen LogP contribution >= 0.6 is 11.3 Å². The molecule has 3 nitrogen and oxygen atoms in total. The van der Waals surface area contributed by atoms with Crippen molar-refractivity contribution in [2.75, 3.05) is 24.5 Å². The monoisotopic (exact) mass is 241 g/mol. The Balaban J connectivity index is 2.66. The van der Waals surface area contributed by atoms with E-state index in [1.165, 1.54) is 5.69 Å². The maximum absolute atomic E-state index is 5.57. The van der Waals surface area contributed by atoms with Gasteiger partial charge in [0.05, 0.1) is 5.69 Å². The zero-order valence-electron chi connectivity index (χ0n) is 10.6. The molecule has 0 aromatic carbocycles. The lowest BCUT2D eigenvalue weighted by Crippen LogP contribution is -2.29. The molecule has 0 saturated heterocycles. The molecule has 1 aromatic heterocycles.